The Kier molecular flexibility index (Phi) is 4.87. The van der Waals surface area contributed by atoms with Crippen LogP contribution in [-0.2, 0) is 22.6 Å². The van der Waals surface area contributed by atoms with Crippen molar-refractivity contribution in [3.8, 4) is 0 Å². The highest BCUT2D eigenvalue weighted by atomic mass is 32.2. The molecule has 2 aromatic rings. The van der Waals surface area contributed by atoms with Gasteiger partial charge in [0.2, 0.25) is 0 Å². The van der Waals surface area contributed by atoms with Gasteiger partial charge in [0.15, 0.2) is 9.84 Å². The number of nitrogens with one attached hydrogen (secondary N) is 1. The summed E-state index contributed by atoms with van der Waals surface area (Å²) in [5, 5.41) is 8.76. The van der Waals surface area contributed by atoms with Crippen molar-refractivity contribution < 1.29 is 31.6 Å². The Morgan fingerprint density at radius 3 is 2.41 bits per heavy atom. The Morgan fingerprint density at radius 1 is 1.15 bits per heavy atom. The monoisotopic (exact) mass is 400 g/mol. The minimum absolute atomic E-state index is 0.0372. The average molecular weight is 400 g/mol. The fraction of sp³-hybridized carbons (Fsp3) is 0.235. The molecule has 1 heterocycles. The maximum Gasteiger partial charge on any atom is 0.416 e. The van der Waals surface area contributed by atoms with Crippen molar-refractivity contribution in [1.82, 2.24) is 5.48 Å². The molecule has 0 radical (unpaired) electrons. The van der Waals surface area contributed by atoms with Crippen LogP contribution in [-0.4, -0.2) is 31.8 Å². The summed E-state index contributed by atoms with van der Waals surface area (Å²) < 4.78 is 62.6. The van der Waals surface area contributed by atoms with Gasteiger partial charge in [-0.05, 0) is 35.9 Å². The number of fused-ring (bicyclic) bond motifs is 1. The smallest absolute Gasteiger partial charge is 0.365 e. The lowest BCUT2D eigenvalue weighted by Gasteiger charge is -2.31. The Hall–Kier alpha value is -2.59. The van der Waals surface area contributed by atoms with Gasteiger partial charge in [-0.15, -0.1) is 0 Å². The first kappa shape index (κ1) is 19.2. The SMILES string of the molecule is O=C(NO)c1ccc2c(c1)N(Cc1ccc(C(F)(F)F)cc1)CCS2(=O)=O. The summed E-state index contributed by atoms with van der Waals surface area (Å²) >= 11 is 0. The molecule has 144 valence electrons. The Balaban J connectivity index is 1.95. The molecular weight excluding hydrogens is 385 g/mol. The molecule has 0 fully saturated rings. The van der Waals surface area contributed by atoms with Crippen molar-refractivity contribution in [3.05, 3.63) is 59.2 Å². The lowest BCUT2D eigenvalue weighted by molar-refractivity contribution is -0.137. The number of hydrogen-bond acceptors (Lipinski definition) is 5. The van der Waals surface area contributed by atoms with Gasteiger partial charge in [-0.25, -0.2) is 13.9 Å². The molecule has 2 N–H and O–H groups in total. The molecule has 3 rings (SSSR count). The number of amides is 1. The molecule has 2 aromatic carbocycles. The number of carbonyl (C=O) groups excluding carboxylic acids is 1. The van der Waals surface area contributed by atoms with Crippen LogP contribution in [0, 0.1) is 0 Å². The van der Waals surface area contributed by atoms with E-state index in [0.29, 0.717) is 5.56 Å². The number of hydrogen-bond donors (Lipinski definition) is 2. The van der Waals surface area contributed by atoms with Crippen molar-refractivity contribution >= 4 is 21.4 Å². The molecule has 1 amide bonds. The maximum atomic E-state index is 12.7. The number of anilines is 1. The standard InChI is InChI=1S/C17H15F3N2O4S/c18-17(19,20)13-4-1-11(2-5-13)10-22-7-8-27(25,26)15-6-3-12(9-14(15)22)16(23)21-24/h1-6,9,24H,7-8,10H2,(H,21,23). The van der Waals surface area contributed by atoms with Crippen LogP contribution < -0.4 is 10.4 Å². The van der Waals surface area contributed by atoms with Gasteiger partial charge in [-0.3, -0.25) is 10.0 Å². The lowest BCUT2D eigenvalue weighted by Crippen LogP contribution is -2.35. The zero-order chi connectivity index (χ0) is 19.8. The molecule has 0 bridgehead atoms. The second kappa shape index (κ2) is 6.86. The van der Waals surface area contributed by atoms with Gasteiger partial charge >= 0.3 is 6.18 Å². The Morgan fingerprint density at radius 2 is 1.81 bits per heavy atom. The van der Waals surface area contributed by atoms with Crippen LogP contribution in [0.25, 0.3) is 0 Å². The summed E-state index contributed by atoms with van der Waals surface area (Å²) in [4.78, 5) is 13.3. The fourth-order valence-electron chi connectivity index (χ4n) is 2.88. The highest BCUT2D eigenvalue weighted by Gasteiger charge is 2.31. The molecule has 0 unspecified atom stereocenters. The van der Waals surface area contributed by atoms with E-state index in [0.717, 1.165) is 12.1 Å². The summed E-state index contributed by atoms with van der Waals surface area (Å²) in [6.45, 7) is 0.297. The molecule has 0 saturated heterocycles. The van der Waals surface area contributed by atoms with Crippen molar-refractivity contribution in [3.63, 3.8) is 0 Å². The van der Waals surface area contributed by atoms with E-state index in [1.54, 1.807) is 4.90 Å². The summed E-state index contributed by atoms with van der Waals surface area (Å²) in [6, 6.07) is 8.49. The van der Waals surface area contributed by atoms with Crippen LogP contribution >= 0.6 is 0 Å². The number of benzene rings is 2. The second-order valence-electron chi connectivity index (χ2n) is 6.06. The van der Waals surface area contributed by atoms with Crippen molar-refractivity contribution in [2.24, 2.45) is 0 Å². The van der Waals surface area contributed by atoms with Crippen LogP contribution in [0.1, 0.15) is 21.5 Å². The van der Waals surface area contributed by atoms with E-state index in [2.05, 4.69) is 0 Å². The molecule has 27 heavy (non-hydrogen) atoms. The number of hydroxylamine groups is 1. The van der Waals surface area contributed by atoms with Crippen LogP contribution in [0.15, 0.2) is 47.4 Å². The molecular formula is C17H15F3N2O4S. The molecule has 6 nitrogen and oxygen atoms in total. The summed E-state index contributed by atoms with van der Waals surface area (Å²) in [7, 11) is -3.53. The van der Waals surface area contributed by atoms with Crippen LogP contribution in [0.3, 0.4) is 0 Å². The van der Waals surface area contributed by atoms with Gasteiger partial charge in [-0.1, -0.05) is 12.1 Å². The van der Waals surface area contributed by atoms with Gasteiger partial charge in [-0.2, -0.15) is 13.2 Å². The molecule has 10 heteroatoms. The van der Waals surface area contributed by atoms with Crippen molar-refractivity contribution in [1.29, 1.82) is 0 Å². The van der Waals surface area contributed by atoms with E-state index >= 15 is 0 Å². The number of nitrogens with zero attached hydrogens (tertiary/aromatic N) is 1. The van der Waals surface area contributed by atoms with Crippen LogP contribution in [0.2, 0.25) is 0 Å². The number of carbonyl (C=O) groups is 1. The number of alkyl halides is 3. The number of halogens is 3. The maximum absolute atomic E-state index is 12.7. The average Bonchev–Trinajstić information content (AvgIpc) is 2.63. The molecule has 0 spiro atoms. The Bertz CT molecular complexity index is 973. The normalized spacial score (nSPS) is 15.9. The predicted octanol–water partition coefficient (Wildman–Crippen LogP) is 2.62. The van der Waals surface area contributed by atoms with Gasteiger partial charge in [0.25, 0.3) is 5.91 Å². The lowest BCUT2D eigenvalue weighted by atomic mass is 10.1. The zero-order valence-corrected chi connectivity index (χ0v) is 14.6. The van der Waals surface area contributed by atoms with E-state index < -0.39 is 27.5 Å². The third kappa shape index (κ3) is 3.91. The van der Waals surface area contributed by atoms with E-state index in [1.807, 2.05) is 0 Å². The minimum Gasteiger partial charge on any atom is -0.365 e. The number of rotatable bonds is 3. The molecule has 0 aromatic heterocycles. The molecule has 0 saturated carbocycles. The highest BCUT2D eigenvalue weighted by molar-refractivity contribution is 7.91. The fourth-order valence-corrected chi connectivity index (χ4v) is 4.34. The minimum atomic E-state index is -4.43. The largest absolute Gasteiger partial charge is 0.416 e. The third-order valence-corrected chi connectivity index (χ3v) is 6.02. The van der Waals surface area contributed by atoms with Crippen LogP contribution in [0.4, 0.5) is 18.9 Å². The first-order chi connectivity index (χ1) is 12.6. The molecule has 0 aliphatic carbocycles. The molecule has 1 aliphatic rings. The topological polar surface area (TPSA) is 86.7 Å². The molecule has 1 aliphatic heterocycles. The summed E-state index contributed by atoms with van der Waals surface area (Å²) in [6.07, 6.45) is -4.43. The van der Waals surface area contributed by atoms with Gasteiger partial charge in [0.05, 0.1) is 21.9 Å². The van der Waals surface area contributed by atoms with E-state index in [9.17, 15) is 26.4 Å². The number of sulfone groups is 1. The van der Waals surface area contributed by atoms with E-state index in [-0.39, 0.29) is 35.0 Å². The van der Waals surface area contributed by atoms with Gasteiger partial charge in [0.1, 0.15) is 0 Å². The predicted molar refractivity (Wildman–Crippen MR) is 90.2 cm³/mol. The summed E-state index contributed by atoms with van der Waals surface area (Å²) in [5.74, 6) is -0.943. The van der Waals surface area contributed by atoms with Crippen molar-refractivity contribution in [2.75, 3.05) is 17.2 Å². The third-order valence-electron chi connectivity index (χ3n) is 4.28. The first-order valence-electron chi connectivity index (χ1n) is 7.84. The first-order valence-corrected chi connectivity index (χ1v) is 9.49. The molecule has 0 atom stereocenters. The Labute approximate surface area is 153 Å². The quantitative estimate of drug-likeness (QED) is 0.611. The highest BCUT2D eigenvalue weighted by Crippen LogP contribution is 2.33. The van der Waals surface area contributed by atoms with E-state index in [4.69, 9.17) is 5.21 Å². The zero-order valence-electron chi connectivity index (χ0n) is 13.8. The van der Waals surface area contributed by atoms with Crippen LogP contribution in [0.5, 0.6) is 0 Å². The van der Waals surface area contributed by atoms with Gasteiger partial charge in [0, 0.05) is 18.7 Å². The summed E-state index contributed by atoms with van der Waals surface area (Å²) in [5.41, 5.74) is 1.60. The van der Waals surface area contributed by atoms with E-state index in [1.165, 1.54) is 35.8 Å². The van der Waals surface area contributed by atoms with Gasteiger partial charge < -0.3 is 4.90 Å². The van der Waals surface area contributed by atoms with Crippen molar-refractivity contribution in [2.45, 2.75) is 17.6 Å². The second-order valence-corrected chi connectivity index (χ2v) is 8.14.